The molecule has 0 radical (unpaired) electrons. The highest BCUT2D eigenvalue weighted by Gasteiger charge is 2.10. The van der Waals surface area contributed by atoms with Crippen LogP contribution in [0.1, 0.15) is 37.2 Å². The van der Waals surface area contributed by atoms with E-state index in [4.69, 9.17) is 10.5 Å². The fourth-order valence-corrected chi connectivity index (χ4v) is 2.24. The van der Waals surface area contributed by atoms with Gasteiger partial charge in [0.05, 0.1) is 0 Å². The Morgan fingerprint density at radius 3 is 2.86 bits per heavy atom. The van der Waals surface area contributed by atoms with Crippen LogP contribution >= 0.6 is 0 Å². The normalized spacial score (nSPS) is 12.4. The van der Waals surface area contributed by atoms with Crippen molar-refractivity contribution in [1.29, 1.82) is 0 Å². The molecule has 2 aromatic rings. The van der Waals surface area contributed by atoms with Gasteiger partial charge in [0.15, 0.2) is 5.82 Å². The molecular formula is C16H24N4O. The van der Waals surface area contributed by atoms with Crippen molar-refractivity contribution in [2.24, 2.45) is 5.73 Å². The van der Waals surface area contributed by atoms with Crippen molar-refractivity contribution < 1.29 is 4.74 Å². The van der Waals surface area contributed by atoms with E-state index >= 15 is 0 Å². The Balaban J connectivity index is 2.12. The van der Waals surface area contributed by atoms with E-state index < -0.39 is 0 Å². The second-order valence-corrected chi connectivity index (χ2v) is 5.26. The monoisotopic (exact) mass is 288 g/mol. The van der Waals surface area contributed by atoms with Crippen LogP contribution < -0.4 is 10.5 Å². The van der Waals surface area contributed by atoms with Crippen molar-refractivity contribution in [3.05, 3.63) is 41.5 Å². The van der Waals surface area contributed by atoms with Crippen LogP contribution in [0.4, 0.5) is 0 Å². The Morgan fingerprint density at radius 2 is 2.14 bits per heavy atom. The Hall–Kier alpha value is -1.88. The minimum absolute atomic E-state index is 0.161. The van der Waals surface area contributed by atoms with Gasteiger partial charge in [-0.05, 0) is 38.3 Å². The van der Waals surface area contributed by atoms with Gasteiger partial charge < -0.3 is 10.5 Å². The van der Waals surface area contributed by atoms with E-state index in [0.29, 0.717) is 6.61 Å². The number of aryl methyl sites for hydroxylation is 2. The maximum Gasteiger partial charge on any atom is 0.164 e. The summed E-state index contributed by atoms with van der Waals surface area (Å²) in [6.07, 6.45) is 3.34. The highest BCUT2D eigenvalue weighted by atomic mass is 16.5. The fraction of sp³-hybridized carbons (Fsp3) is 0.500. The molecule has 114 valence electrons. The highest BCUT2D eigenvalue weighted by Crippen LogP contribution is 2.22. The van der Waals surface area contributed by atoms with Gasteiger partial charge in [-0.25, -0.2) is 9.67 Å². The maximum atomic E-state index is 6.08. The maximum absolute atomic E-state index is 6.08. The van der Waals surface area contributed by atoms with E-state index in [2.05, 4.69) is 36.1 Å². The van der Waals surface area contributed by atoms with Gasteiger partial charge in [-0.1, -0.05) is 24.6 Å². The van der Waals surface area contributed by atoms with Crippen LogP contribution in [0.15, 0.2) is 24.5 Å². The first kappa shape index (κ1) is 15.5. The number of nitrogens with two attached hydrogens (primary N) is 1. The fourth-order valence-electron chi connectivity index (χ4n) is 2.24. The molecule has 0 spiro atoms. The Bertz CT molecular complexity index is 579. The summed E-state index contributed by atoms with van der Waals surface area (Å²) in [5.74, 6) is 1.72. The lowest BCUT2D eigenvalue weighted by Crippen LogP contribution is -2.22. The summed E-state index contributed by atoms with van der Waals surface area (Å²) in [4.78, 5) is 4.23. The number of ether oxygens (including phenoxy) is 1. The topological polar surface area (TPSA) is 66.0 Å². The molecule has 2 N–H and O–H groups in total. The standard InChI is InChI=1S/C16H24N4O/c1-4-14(17)9-13-8-12(3)6-7-15(13)21-10-16-18-11-19-20(16)5-2/h6-8,11,14H,4-5,9-10,17H2,1-3H3. The Morgan fingerprint density at radius 1 is 1.33 bits per heavy atom. The minimum Gasteiger partial charge on any atom is -0.485 e. The summed E-state index contributed by atoms with van der Waals surface area (Å²) in [5.41, 5.74) is 8.46. The van der Waals surface area contributed by atoms with Gasteiger partial charge in [0.2, 0.25) is 0 Å². The van der Waals surface area contributed by atoms with E-state index in [-0.39, 0.29) is 6.04 Å². The van der Waals surface area contributed by atoms with Crippen molar-refractivity contribution in [3.8, 4) is 5.75 Å². The molecule has 1 aromatic heterocycles. The summed E-state index contributed by atoms with van der Waals surface area (Å²) >= 11 is 0. The molecule has 1 aromatic carbocycles. The summed E-state index contributed by atoms with van der Waals surface area (Å²) < 4.78 is 7.78. The predicted octanol–water partition coefficient (Wildman–Crippen LogP) is 2.47. The van der Waals surface area contributed by atoms with Gasteiger partial charge >= 0.3 is 0 Å². The molecule has 1 unspecified atom stereocenters. The number of nitrogens with zero attached hydrogens (tertiary/aromatic N) is 3. The molecule has 0 aliphatic rings. The van der Waals surface area contributed by atoms with Crippen molar-refractivity contribution in [3.63, 3.8) is 0 Å². The first-order valence-electron chi connectivity index (χ1n) is 7.48. The molecular weight excluding hydrogens is 264 g/mol. The first-order valence-corrected chi connectivity index (χ1v) is 7.48. The summed E-state index contributed by atoms with van der Waals surface area (Å²) in [6.45, 7) is 7.43. The first-order chi connectivity index (χ1) is 10.1. The zero-order valence-corrected chi connectivity index (χ0v) is 13.0. The lowest BCUT2D eigenvalue weighted by atomic mass is 10.0. The molecule has 0 amide bonds. The third kappa shape index (κ3) is 4.04. The van der Waals surface area contributed by atoms with Gasteiger partial charge in [-0.15, -0.1) is 0 Å². The number of hydrogen-bond acceptors (Lipinski definition) is 4. The molecule has 5 nitrogen and oxygen atoms in total. The lowest BCUT2D eigenvalue weighted by molar-refractivity contribution is 0.283. The largest absolute Gasteiger partial charge is 0.485 e. The van der Waals surface area contributed by atoms with Crippen molar-refractivity contribution in [2.45, 2.75) is 52.8 Å². The average molecular weight is 288 g/mol. The highest BCUT2D eigenvalue weighted by molar-refractivity contribution is 5.37. The number of aromatic nitrogens is 3. The van der Waals surface area contributed by atoms with Gasteiger partial charge in [-0.2, -0.15) is 5.10 Å². The quantitative estimate of drug-likeness (QED) is 0.850. The van der Waals surface area contributed by atoms with E-state index in [1.807, 2.05) is 17.7 Å². The summed E-state index contributed by atoms with van der Waals surface area (Å²) in [5, 5.41) is 4.15. The zero-order chi connectivity index (χ0) is 15.2. The van der Waals surface area contributed by atoms with Crippen LogP contribution in [0.2, 0.25) is 0 Å². The van der Waals surface area contributed by atoms with Crippen molar-refractivity contribution in [1.82, 2.24) is 14.8 Å². The predicted molar refractivity (Wildman–Crippen MR) is 83.2 cm³/mol. The van der Waals surface area contributed by atoms with E-state index in [9.17, 15) is 0 Å². The minimum atomic E-state index is 0.161. The van der Waals surface area contributed by atoms with Crippen molar-refractivity contribution >= 4 is 0 Å². The molecule has 0 bridgehead atoms. The van der Waals surface area contributed by atoms with E-state index in [1.54, 1.807) is 6.33 Å². The average Bonchev–Trinajstić information content (AvgIpc) is 2.93. The number of hydrogen-bond donors (Lipinski definition) is 1. The second-order valence-electron chi connectivity index (χ2n) is 5.26. The molecule has 21 heavy (non-hydrogen) atoms. The van der Waals surface area contributed by atoms with Gasteiger partial charge in [-0.3, -0.25) is 0 Å². The van der Waals surface area contributed by atoms with Crippen LogP contribution in [-0.2, 0) is 19.6 Å². The second kappa shape index (κ2) is 7.22. The third-order valence-electron chi connectivity index (χ3n) is 3.57. The van der Waals surface area contributed by atoms with E-state index in [0.717, 1.165) is 36.5 Å². The summed E-state index contributed by atoms with van der Waals surface area (Å²) in [7, 11) is 0. The molecule has 0 aliphatic carbocycles. The van der Waals surface area contributed by atoms with Crippen molar-refractivity contribution in [2.75, 3.05) is 0 Å². The third-order valence-corrected chi connectivity index (χ3v) is 3.57. The Kier molecular flexibility index (Phi) is 5.33. The van der Waals surface area contributed by atoms with Gasteiger partial charge in [0, 0.05) is 12.6 Å². The van der Waals surface area contributed by atoms with Gasteiger partial charge in [0.1, 0.15) is 18.7 Å². The van der Waals surface area contributed by atoms with Crippen LogP contribution in [0.3, 0.4) is 0 Å². The molecule has 2 rings (SSSR count). The van der Waals surface area contributed by atoms with E-state index in [1.165, 1.54) is 5.56 Å². The van der Waals surface area contributed by atoms with Crippen LogP contribution in [-0.4, -0.2) is 20.8 Å². The molecule has 1 atom stereocenters. The molecule has 0 aliphatic heterocycles. The van der Waals surface area contributed by atoms with Crippen LogP contribution in [0.5, 0.6) is 5.75 Å². The molecule has 0 saturated heterocycles. The van der Waals surface area contributed by atoms with Crippen LogP contribution in [0.25, 0.3) is 0 Å². The smallest absolute Gasteiger partial charge is 0.164 e. The molecule has 0 saturated carbocycles. The molecule has 0 fully saturated rings. The van der Waals surface area contributed by atoms with Gasteiger partial charge in [0.25, 0.3) is 0 Å². The number of rotatable bonds is 7. The number of benzene rings is 1. The molecule has 5 heteroatoms. The molecule has 1 heterocycles. The summed E-state index contributed by atoms with van der Waals surface area (Å²) in [6, 6.07) is 6.38. The van der Waals surface area contributed by atoms with Crippen LogP contribution in [0, 0.1) is 6.92 Å². The SMILES string of the molecule is CCC(N)Cc1cc(C)ccc1OCc1ncnn1CC. The zero-order valence-electron chi connectivity index (χ0n) is 13.0. The lowest BCUT2D eigenvalue weighted by Gasteiger charge is -2.15. The Labute approximate surface area is 126 Å².